The largest absolute Gasteiger partial charge is 0.444 e. The number of amides is 2. The van der Waals surface area contributed by atoms with E-state index in [1.54, 1.807) is 20.8 Å². The van der Waals surface area contributed by atoms with Gasteiger partial charge in [-0.2, -0.15) is 0 Å². The van der Waals surface area contributed by atoms with Crippen LogP contribution in [0.1, 0.15) is 69.7 Å². The number of alkyl carbamates (subject to hydrolysis) is 1. The van der Waals surface area contributed by atoms with Crippen molar-refractivity contribution in [2.24, 2.45) is 0 Å². The van der Waals surface area contributed by atoms with Crippen LogP contribution in [-0.4, -0.2) is 44.4 Å². The molecule has 0 aliphatic heterocycles. The summed E-state index contributed by atoms with van der Waals surface area (Å²) in [5, 5.41) is 5.91. The minimum atomic E-state index is -3.56. The first-order valence-corrected chi connectivity index (χ1v) is 12.4. The van der Waals surface area contributed by atoms with Crippen molar-refractivity contribution in [1.82, 2.24) is 10.6 Å². The van der Waals surface area contributed by atoms with Crippen molar-refractivity contribution in [1.29, 1.82) is 0 Å². The standard InChI is InChI=1S/C21H31ClN2O5S/c1-20(2,3)29-19(26)24-21(11-7-5-6-8-12-21)14-23-18(25)15-9-10-16(22)17(13-15)30(4,27)28/h9-10,13H,5-8,11-12,14H2,1-4H3,(H,23,25)(H,24,26). The van der Waals surface area contributed by atoms with Crippen LogP contribution in [-0.2, 0) is 14.6 Å². The summed E-state index contributed by atoms with van der Waals surface area (Å²) >= 11 is 5.96. The number of ether oxygens (including phenoxy) is 1. The second-order valence-corrected chi connectivity index (χ2v) is 11.3. The van der Waals surface area contributed by atoms with Crippen LogP contribution in [0.5, 0.6) is 0 Å². The Morgan fingerprint density at radius 3 is 2.27 bits per heavy atom. The molecule has 2 amide bonds. The number of rotatable bonds is 5. The smallest absolute Gasteiger partial charge is 0.408 e. The third-order valence-electron chi connectivity index (χ3n) is 5.01. The lowest BCUT2D eigenvalue weighted by atomic mass is 9.90. The highest BCUT2D eigenvalue weighted by molar-refractivity contribution is 7.90. The van der Waals surface area contributed by atoms with Crippen molar-refractivity contribution in [3.8, 4) is 0 Å². The number of hydrogen-bond donors (Lipinski definition) is 2. The molecule has 0 heterocycles. The molecule has 0 saturated heterocycles. The van der Waals surface area contributed by atoms with E-state index in [1.807, 2.05) is 0 Å². The molecule has 0 atom stereocenters. The Hall–Kier alpha value is -1.80. The van der Waals surface area contributed by atoms with E-state index < -0.39 is 33.0 Å². The molecular weight excluding hydrogens is 428 g/mol. The van der Waals surface area contributed by atoms with Crippen molar-refractivity contribution in [3.63, 3.8) is 0 Å². The van der Waals surface area contributed by atoms with Gasteiger partial charge in [0.15, 0.2) is 9.84 Å². The lowest BCUT2D eigenvalue weighted by Gasteiger charge is -2.35. The molecule has 0 spiro atoms. The highest BCUT2D eigenvalue weighted by Crippen LogP contribution is 2.28. The maximum Gasteiger partial charge on any atom is 0.408 e. The van der Waals surface area contributed by atoms with E-state index in [1.165, 1.54) is 18.2 Å². The van der Waals surface area contributed by atoms with E-state index in [4.69, 9.17) is 16.3 Å². The molecule has 1 aliphatic rings. The maximum absolute atomic E-state index is 12.7. The van der Waals surface area contributed by atoms with Gasteiger partial charge >= 0.3 is 6.09 Å². The van der Waals surface area contributed by atoms with E-state index in [9.17, 15) is 18.0 Å². The first kappa shape index (κ1) is 24.5. The van der Waals surface area contributed by atoms with Gasteiger partial charge in [-0.3, -0.25) is 4.79 Å². The van der Waals surface area contributed by atoms with Crippen LogP contribution in [0, 0.1) is 0 Å². The first-order valence-electron chi connectivity index (χ1n) is 10.1. The molecule has 168 valence electrons. The molecule has 9 heteroatoms. The van der Waals surface area contributed by atoms with Gasteiger partial charge in [0.1, 0.15) is 5.60 Å². The number of sulfone groups is 1. The Kier molecular flexibility index (Phi) is 7.80. The van der Waals surface area contributed by atoms with Gasteiger partial charge in [0.25, 0.3) is 5.91 Å². The topological polar surface area (TPSA) is 102 Å². The molecule has 0 bridgehead atoms. The molecule has 1 aliphatic carbocycles. The Morgan fingerprint density at radius 2 is 1.73 bits per heavy atom. The van der Waals surface area contributed by atoms with Crippen LogP contribution in [0.4, 0.5) is 4.79 Å². The molecule has 30 heavy (non-hydrogen) atoms. The maximum atomic E-state index is 12.7. The van der Waals surface area contributed by atoms with Gasteiger partial charge in [-0.1, -0.05) is 37.3 Å². The van der Waals surface area contributed by atoms with Crippen LogP contribution in [0.3, 0.4) is 0 Å². The number of carbonyl (C=O) groups is 2. The predicted octanol–water partition coefficient (Wildman–Crippen LogP) is 4.09. The minimum absolute atomic E-state index is 0.0703. The Bertz CT molecular complexity index is 885. The third kappa shape index (κ3) is 7.16. The van der Waals surface area contributed by atoms with Crippen molar-refractivity contribution in [2.75, 3.05) is 12.8 Å². The molecule has 0 radical (unpaired) electrons. The van der Waals surface area contributed by atoms with E-state index >= 15 is 0 Å². The summed E-state index contributed by atoms with van der Waals surface area (Å²) in [7, 11) is -3.56. The minimum Gasteiger partial charge on any atom is -0.444 e. The van der Waals surface area contributed by atoms with Gasteiger partial charge in [0, 0.05) is 18.4 Å². The molecule has 2 rings (SSSR count). The van der Waals surface area contributed by atoms with E-state index in [0.29, 0.717) is 0 Å². The zero-order valence-corrected chi connectivity index (χ0v) is 19.6. The quantitative estimate of drug-likeness (QED) is 0.647. The van der Waals surface area contributed by atoms with Crippen LogP contribution in [0.15, 0.2) is 23.1 Å². The van der Waals surface area contributed by atoms with Gasteiger partial charge in [0.2, 0.25) is 0 Å². The summed E-state index contributed by atoms with van der Waals surface area (Å²) in [5.41, 5.74) is -1.04. The van der Waals surface area contributed by atoms with Gasteiger partial charge in [-0.05, 0) is 51.8 Å². The average molecular weight is 459 g/mol. The van der Waals surface area contributed by atoms with Gasteiger partial charge in [0.05, 0.1) is 15.5 Å². The predicted molar refractivity (Wildman–Crippen MR) is 117 cm³/mol. The molecule has 1 aromatic rings. The Balaban J connectivity index is 2.17. The molecule has 1 aromatic carbocycles. The number of hydrogen-bond acceptors (Lipinski definition) is 5. The zero-order valence-electron chi connectivity index (χ0n) is 18.0. The number of halogens is 1. The lowest BCUT2D eigenvalue weighted by molar-refractivity contribution is 0.0437. The summed E-state index contributed by atoms with van der Waals surface area (Å²) in [6.07, 6.45) is 5.99. The van der Waals surface area contributed by atoms with Crippen molar-refractivity contribution >= 4 is 33.4 Å². The third-order valence-corrected chi connectivity index (χ3v) is 6.59. The molecular formula is C21H31ClN2O5S. The van der Waals surface area contributed by atoms with Crippen molar-refractivity contribution in [3.05, 3.63) is 28.8 Å². The second kappa shape index (κ2) is 9.56. The highest BCUT2D eigenvalue weighted by atomic mass is 35.5. The average Bonchev–Trinajstić information content (AvgIpc) is 2.83. The number of carbonyl (C=O) groups excluding carboxylic acids is 2. The fraction of sp³-hybridized carbons (Fsp3) is 0.619. The van der Waals surface area contributed by atoms with Gasteiger partial charge in [-0.25, -0.2) is 13.2 Å². The highest BCUT2D eigenvalue weighted by Gasteiger charge is 2.34. The Labute approximate surface area is 183 Å². The number of nitrogens with one attached hydrogen (secondary N) is 2. The van der Waals surface area contributed by atoms with E-state index in [-0.39, 0.29) is 22.0 Å². The molecule has 7 nitrogen and oxygen atoms in total. The van der Waals surface area contributed by atoms with Crippen LogP contribution < -0.4 is 10.6 Å². The van der Waals surface area contributed by atoms with Crippen LogP contribution >= 0.6 is 11.6 Å². The molecule has 2 N–H and O–H groups in total. The first-order chi connectivity index (χ1) is 13.8. The normalized spacial score (nSPS) is 17.0. The fourth-order valence-electron chi connectivity index (χ4n) is 3.55. The van der Waals surface area contributed by atoms with Crippen molar-refractivity contribution < 1.29 is 22.7 Å². The van der Waals surface area contributed by atoms with Gasteiger partial charge < -0.3 is 15.4 Å². The lowest BCUT2D eigenvalue weighted by Crippen LogP contribution is -2.56. The van der Waals surface area contributed by atoms with Crippen molar-refractivity contribution in [2.45, 2.75) is 75.3 Å². The monoisotopic (exact) mass is 458 g/mol. The van der Waals surface area contributed by atoms with Crippen LogP contribution in [0.2, 0.25) is 5.02 Å². The SMILES string of the molecule is CC(C)(C)OC(=O)NC1(CNC(=O)c2ccc(Cl)c(S(C)(=O)=O)c2)CCCCCC1. The summed E-state index contributed by atoms with van der Waals surface area (Å²) in [5.74, 6) is -0.425. The summed E-state index contributed by atoms with van der Waals surface area (Å²) in [4.78, 5) is 25.1. The molecule has 1 saturated carbocycles. The Morgan fingerprint density at radius 1 is 1.13 bits per heavy atom. The van der Waals surface area contributed by atoms with E-state index in [2.05, 4.69) is 10.6 Å². The second-order valence-electron chi connectivity index (χ2n) is 8.92. The fourth-order valence-corrected chi connectivity index (χ4v) is 4.85. The summed E-state index contributed by atoms with van der Waals surface area (Å²) in [6.45, 7) is 5.62. The molecule has 0 aromatic heterocycles. The summed E-state index contributed by atoms with van der Waals surface area (Å²) < 4.78 is 29.2. The van der Waals surface area contributed by atoms with Crippen LogP contribution in [0.25, 0.3) is 0 Å². The van der Waals surface area contributed by atoms with E-state index in [0.717, 1.165) is 44.8 Å². The molecule has 0 unspecified atom stereocenters. The number of benzene rings is 1. The molecule has 1 fully saturated rings. The summed E-state index contributed by atoms with van der Waals surface area (Å²) in [6, 6.07) is 4.15. The van der Waals surface area contributed by atoms with Gasteiger partial charge in [-0.15, -0.1) is 0 Å². The zero-order chi connectivity index (χ0) is 22.6.